The normalized spacial score (nSPS) is 12.2. The first-order valence-corrected chi connectivity index (χ1v) is 5.93. The molecule has 0 aliphatic carbocycles. The lowest BCUT2D eigenvalue weighted by molar-refractivity contribution is -0.138. The molecule has 1 rings (SSSR count). The standard InChI is InChI=1S/C13H17F3N2O2/c1-8-9(13(14,15)16)6-7-10(17-8)18(5)11(19)20-12(2,3)4/h6-7H,1-5H3. The second-order valence-electron chi connectivity index (χ2n) is 5.34. The van der Waals surface area contributed by atoms with Gasteiger partial charge in [0.15, 0.2) is 0 Å². The van der Waals surface area contributed by atoms with E-state index in [1.54, 1.807) is 20.8 Å². The summed E-state index contributed by atoms with van der Waals surface area (Å²) in [6.45, 7) is 6.34. The minimum Gasteiger partial charge on any atom is -0.443 e. The predicted octanol–water partition coefficient (Wildman–Crippen LogP) is 3.78. The lowest BCUT2D eigenvalue weighted by atomic mass is 10.2. The van der Waals surface area contributed by atoms with E-state index in [0.29, 0.717) is 0 Å². The van der Waals surface area contributed by atoms with Crippen molar-refractivity contribution < 1.29 is 22.7 Å². The Hall–Kier alpha value is -1.79. The first-order valence-electron chi connectivity index (χ1n) is 5.93. The maximum Gasteiger partial charge on any atom is 0.418 e. The highest BCUT2D eigenvalue weighted by molar-refractivity contribution is 5.86. The molecule has 4 nitrogen and oxygen atoms in total. The molecule has 0 saturated heterocycles. The summed E-state index contributed by atoms with van der Waals surface area (Å²) in [6, 6.07) is 2.04. The largest absolute Gasteiger partial charge is 0.443 e. The van der Waals surface area contributed by atoms with Gasteiger partial charge >= 0.3 is 12.3 Å². The highest BCUT2D eigenvalue weighted by atomic mass is 19.4. The van der Waals surface area contributed by atoms with Gasteiger partial charge in [-0.3, -0.25) is 4.90 Å². The summed E-state index contributed by atoms with van der Waals surface area (Å²) in [7, 11) is 1.39. The van der Waals surface area contributed by atoms with Crippen LogP contribution in [0.1, 0.15) is 32.0 Å². The van der Waals surface area contributed by atoms with Crippen LogP contribution in [0.15, 0.2) is 12.1 Å². The molecule has 0 spiro atoms. The third-order valence-electron chi connectivity index (χ3n) is 2.39. The Morgan fingerprint density at radius 3 is 2.20 bits per heavy atom. The van der Waals surface area contributed by atoms with E-state index in [4.69, 9.17) is 4.74 Å². The summed E-state index contributed by atoms with van der Waals surface area (Å²) in [4.78, 5) is 16.7. The van der Waals surface area contributed by atoms with Crippen molar-refractivity contribution in [2.75, 3.05) is 11.9 Å². The van der Waals surface area contributed by atoms with Crippen LogP contribution in [0.2, 0.25) is 0 Å². The highest BCUT2D eigenvalue weighted by Crippen LogP contribution is 2.32. The number of amides is 1. The Kier molecular flexibility index (Phi) is 4.31. The summed E-state index contributed by atoms with van der Waals surface area (Å²) in [5, 5.41) is 0. The molecule has 112 valence electrons. The Morgan fingerprint density at radius 2 is 1.80 bits per heavy atom. The molecule has 7 heteroatoms. The molecule has 0 atom stereocenters. The van der Waals surface area contributed by atoms with E-state index in [2.05, 4.69) is 4.98 Å². The first kappa shape index (κ1) is 16.3. The molecule has 0 aliphatic rings. The van der Waals surface area contributed by atoms with E-state index >= 15 is 0 Å². The Balaban J connectivity index is 2.99. The molecule has 1 aromatic heterocycles. The fourth-order valence-corrected chi connectivity index (χ4v) is 1.46. The monoisotopic (exact) mass is 290 g/mol. The number of halogens is 3. The van der Waals surface area contributed by atoms with Crippen LogP contribution in [0.5, 0.6) is 0 Å². The maximum atomic E-state index is 12.6. The summed E-state index contributed by atoms with van der Waals surface area (Å²) >= 11 is 0. The van der Waals surface area contributed by atoms with Crippen molar-refractivity contribution >= 4 is 11.9 Å². The second kappa shape index (κ2) is 5.30. The molecule has 0 saturated carbocycles. The number of aromatic nitrogens is 1. The minimum atomic E-state index is -4.46. The minimum absolute atomic E-state index is 0.102. The summed E-state index contributed by atoms with van der Waals surface area (Å²) in [5.74, 6) is 0.102. The van der Waals surface area contributed by atoms with Crippen molar-refractivity contribution in [3.05, 3.63) is 23.4 Å². The fraction of sp³-hybridized carbons (Fsp3) is 0.538. The molecule has 1 heterocycles. The van der Waals surface area contributed by atoms with Crippen molar-refractivity contribution in [2.45, 2.75) is 39.5 Å². The van der Waals surface area contributed by atoms with Gasteiger partial charge in [-0.1, -0.05) is 0 Å². The predicted molar refractivity (Wildman–Crippen MR) is 68.6 cm³/mol. The van der Waals surface area contributed by atoms with E-state index in [0.717, 1.165) is 17.0 Å². The van der Waals surface area contributed by atoms with Gasteiger partial charge < -0.3 is 4.74 Å². The number of hydrogen-bond donors (Lipinski definition) is 0. The maximum absolute atomic E-state index is 12.6. The smallest absolute Gasteiger partial charge is 0.418 e. The number of ether oxygens (including phenoxy) is 1. The molecular formula is C13H17F3N2O2. The fourth-order valence-electron chi connectivity index (χ4n) is 1.46. The highest BCUT2D eigenvalue weighted by Gasteiger charge is 2.33. The van der Waals surface area contributed by atoms with Gasteiger partial charge in [0.2, 0.25) is 0 Å². The third-order valence-corrected chi connectivity index (χ3v) is 2.39. The van der Waals surface area contributed by atoms with Crippen LogP contribution >= 0.6 is 0 Å². The van der Waals surface area contributed by atoms with Crippen LogP contribution in [0.4, 0.5) is 23.8 Å². The van der Waals surface area contributed by atoms with Crippen molar-refractivity contribution in [1.82, 2.24) is 4.98 Å². The molecule has 1 aromatic rings. The molecule has 0 fully saturated rings. The van der Waals surface area contributed by atoms with E-state index in [1.807, 2.05) is 0 Å². The lowest BCUT2D eigenvalue weighted by Gasteiger charge is -2.24. The molecule has 0 unspecified atom stereocenters. The third kappa shape index (κ3) is 4.11. The van der Waals surface area contributed by atoms with Crippen molar-refractivity contribution in [2.24, 2.45) is 0 Å². The van der Waals surface area contributed by atoms with Crippen LogP contribution in [-0.4, -0.2) is 23.7 Å². The number of nitrogens with zero attached hydrogens (tertiary/aromatic N) is 2. The summed E-state index contributed by atoms with van der Waals surface area (Å²) < 4.78 is 43.0. The first-order chi connectivity index (χ1) is 8.92. The number of aryl methyl sites for hydroxylation is 1. The topological polar surface area (TPSA) is 42.4 Å². The molecule has 1 amide bonds. The molecule has 0 aliphatic heterocycles. The van der Waals surface area contributed by atoms with Crippen LogP contribution in [0.25, 0.3) is 0 Å². The SMILES string of the molecule is Cc1nc(N(C)C(=O)OC(C)(C)C)ccc1C(F)(F)F. The van der Waals surface area contributed by atoms with Gasteiger partial charge in [0.25, 0.3) is 0 Å². The second-order valence-corrected chi connectivity index (χ2v) is 5.34. The average Bonchev–Trinajstić information content (AvgIpc) is 2.23. The summed E-state index contributed by atoms with van der Waals surface area (Å²) in [6.07, 6.45) is -5.13. The van der Waals surface area contributed by atoms with Gasteiger partial charge in [-0.2, -0.15) is 13.2 Å². The van der Waals surface area contributed by atoms with E-state index in [-0.39, 0.29) is 11.5 Å². The zero-order valence-corrected chi connectivity index (χ0v) is 12.0. The van der Waals surface area contributed by atoms with Crippen LogP contribution < -0.4 is 4.90 Å². The number of carbonyl (C=O) groups excluding carboxylic acids is 1. The quantitative estimate of drug-likeness (QED) is 0.790. The van der Waals surface area contributed by atoms with Gasteiger partial charge in [-0.15, -0.1) is 0 Å². The molecule has 0 aromatic carbocycles. The number of carbonyl (C=O) groups is 1. The number of pyridine rings is 1. The number of hydrogen-bond acceptors (Lipinski definition) is 3. The molecule has 0 N–H and O–H groups in total. The van der Waals surface area contributed by atoms with Crippen LogP contribution in [0, 0.1) is 6.92 Å². The van der Waals surface area contributed by atoms with Gasteiger partial charge in [0, 0.05) is 7.05 Å². The van der Waals surface area contributed by atoms with Crippen molar-refractivity contribution in [3.63, 3.8) is 0 Å². The lowest BCUT2D eigenvalue weighted by Crippen LogP contribution is -2.34. The molecule has 0 bridgehead atoms. The average molecular weight is 290 g/mol. The zero-order valence-electron chi connectivity index (χ0n) is 12.0. The Morgan fingerprint density at radius 1 is 1.25 bits per heavy atom. The van der Waals surface area contributed by atoms with Crippen molar-refractivity contribution in [3.8, 4) is 0 Å². The zero-order chi connectivity index (χ0) is 15.7. The van der Waals surface area contributed by atoms with E-state index in [9.17, 15) is 18.0 Å². The molecule has 0 radical (unpaired) electrons. The number of rotatable bonds is 1. The van der Waals surface area contributed by atoms with Gasteiger partial charge in [0.1, 0.15) is 11.4 Å². The van der Waals surface area contributed by atoms with E-state index in [1.165, 1.54) is 14.0 Å². The Labute approximate surface area is 115 Å². The number of anilines is 1. The molecular weight excluding hydrogens is 273 g/mol. The van der Waals surface area contributed by atoms with Crippen LogP contribution in [0.3, 0.4) is 0 Å². The van der Waals surface area contributed by atoms with Gasteiger partial charge in [-0.25, -0.2) is 9.78 Å². The van der Waals surface area contributed by atoms with E-state index < -0.39 is 23.4 Å². The van der Waals surface area contributed by atoms with Crippen molar-refractivity contribution in [1.29, 1.82) is 0 Å². The van der Waals surface area contributed by atoms with Gasteiger partial charge in [0.05, 0.1) is 11.3 Å². The molecule has 20 heavy (non-hydrogen) atoms. The summed E-state index contributed by atoms with van der Waals surface area (Å²) in [5.41, 5.74) is -1.70. The Bertz CT molecular complexity index is 507. The van der Waals surface area contributed by atoms with Crippen LogP contribution in [-0.2, 0) is 10.9 Å². The van der Waals surface area contributed by atoms with Gasteiger partial charge in [-0.05, 0) is 39.8 Å². The number of alkyl halides is 3.